The lowest BCUT2D eigenvalue weighted by molar-refractivity contribution is 0.0884. The molecule has 6 heteroatoms. The van der Waals surface area contributed by atoms with E-state index in [1.54, 1.807) is 7.11 Å². The molecule has 0 bridgehead atoms. The minimum Gasteiger partial charge on any atom is -0.383 e. The van der Waals surface area contributed by atoms with E-state index < -0.39 is 0 Å². The first-order chi connectivity index (χ1) is 8.08. The van der Waals surface area contributed by atoms with Gasteiger partial charge < -0.3 is 10.1 Å². The van der Waals surface area contributed by atoms with Crippen LogP contribution < -0.4 is 5.32 Å². The number of nitrogens with zero attached hydrogens (tertiary/aromatic N) is 2. The molecule has 0 spiro atoms. The predicted molar refractivity (Wildman–Crippen MR) is 63.9 cm³/mol. The summed E-state index contributed by atoms with van der Waals surface area (Å²) in [5, 5.41) is 9.48. The number of hydrogen-bond donors (Lipinski definition) is 2. The van der Waals surface area contributed by atoms with E-state index in [1.807, 2.05) is 20.8 Å². The van der Waals surface area contributed by atoms with Crippen molar-refractivity contribution < 1.29 is 9.53 Å². The zero-order valence-corrected chi connectivity index (χ0v) is 10.8. The van der Waals surface area contributed by atoms with Crippen LogP contribution in [0.3, 0.4) is 0 Å². The van der Waals surface area contributed by atoms with Gasteiger partial charge >= 0.3 is 0 Å². The van der Waals surface area contributed by atoms with Crippen LogP contribution in [-0.2, 0) is 4.74 Å². The van der Waals surface area contributed by atoms with Crippen LogP contribution in [-0.4, -0.2) is 40.8 Å². The SMILES string of the molecule is CCC(COC)NC(=O)c1n[nH]c(C(C)C)n1. The van der Waals surface area contributed by atoms with E-state index in [2.05, 4.69) is 20.5 Å². The van der Waals surface area contributed by atoms with Crippen LogP contribution in [0.5, 0.6) is 0 Å². The number of rotatable bonds is 6. The summed E-state index contributed by atoms with van der Waals surface area (Å²) in [6.07, 6.45) is 0.807. The summed E-state index contributed by atoms with van der Waals surface area (Å²) in [5.41, 5.74) is 0. The Morgan fingerprint density at radius 2 is 2.24 bits per heavy atom. The number of methoxy groups -OCH3 is 1. The Morgan fingerprint density at radius 1 is 1.53 bits per heavy atom. The van der Waals surface area contributed by atoms with Gasteiger partial charge in [0.1, 0.15) is 5.82 Å². The molecule has 17 heavy (non-hydrogen) atoms. The summed E-state index contributed by atoms with van der Waals surface area (Å²) in [4.78, 5) is 16.0. The number of nitrogens with one attached hydrogen (secondary N) is 2. The summed E-state index contributed by atoms with van der Waals surface area (Å²) >= 11 is 0. The summed E-state index contributed by atoms with van der Waals surface area (Å²) in [6.45, 7) is 6.45. The second kappa shape index (κ2) is 6.34. The molecular weight excluding hydrogens is 220 g/mol. The fraction of sp³-hybridized carbons (Fsp3) is 0.727. The van der Waals surface area contributed by atoms with Crippen molar-refractivity contribution in [3.8, 4) is 0 Å². The molecule has 0 fully saturated rings. The lowest BCUT2D eigenvalue weighted by Crippen LogP contribution is -2.38. The van der Waals surface area contributed by atoms with Gasteiger partial charge in [-0.1, -0.05) is 20.8 Å². The van der Waals surface area contributed by atoms with Crippen molar-refractivity contribution in [2.24, 2.45) is 0 Å². The largest absolute Gasteiger partial charge is 0.383 e. The Labute approximate surface area is 101 Å². The van der Waals surface area contributed by atoms with Crippen LogP contribution in [0, 0.1) is 0 Å². The van der Waals surface area contributed by atoms with Crippen molar-refractivity contribution >= 4 is 5.91 Å². The van der Waals surface area contributed by atoms with Gasteiger partial charge in [0.15, 0.2) is 0 Å². The Morgan fingerprint density at radius 3 is 2.71 bits per heavy atom. The zero-order valence-electron chi connectivity index (χ0n) is 10.8. The van der Waals surface area contributed by atoms with E-state index >= 15 is 0 Å². The lowest BCUT2D eigenvalue weighted by Gasteiger charge is -2.14. The molecule has 2 N–H and O–H groups in total. The van der Waals surface area contributed by atoms with E-state index in [-0.39, 0.29) is 23.7 Å². The summed E-state index contributed by atoms with van der Waals surface area (Å²) in [5.74, 6) is 0.861. The first-order valence-corrected chi connectivity index (χ1v) is 5.80. The highest BCUT2D eigenvalue weighted by atomic mass is 16.5. The average Bonchev–Trinajstić information content (AvgIpc) is 2.77. The van der Waals surface area contributed by atoms with Gasteiger partial charge in [-0.15, -0.1) is 5.10 Å². The van der Waals surface area contributed by atoms with Gasteiger partial charge in [-0.3, -0.25) is 9.89 Å². The molecule has 1 atom stereocenters. The van der Waals surface area contributed by atoms with Gasteiger partial charge in [0.25, 0.3) is 5.91 Å². The zero-order chi connectivity index (χ0) is 12.8. The minimum absolute atomic E-state index is 0.00602. The third-order valence-electron chi connectivity index (χ3n) is 2.45. The number of amides is 1. The third-order valence-corrected chi connectivity index (χ3v) is 2.45. The highest BCUT2D eigenvalue weighted by Crippen LogP contribution is 2.07. The van der Waals surface area contributed by atoms with Crippen LogP contribution in [0.15, 0.2) is 0 Å². The summed E-state index contributed by atoms with van der Waals surface area (Å²) in [7, 11) is 1.61. The van der Waals surface area contributed by atoms with Crippen LogP contribution in [0.25, 0.3) is 0 Å². The Hall–Kier alpha value is -1.43. The third kappa shape index (κ3) is 3.81. The molecule has 0 aromatic carbocycles. The predicted octanol–water partition coefficient (Wildman–Crippen LogP) is 1.08. The summed E-state index contributed by atoms with van der Waals surface area (Å²) in [6, 6.07) is -0.00602. The summed E-state index contributed by atoms with van der Waals surface area (Å²) < 4.78 is 5.01. The maximum absolute atomic E-state index is 11.8. The fourth-order valence-electron chi connectivity index (χ4n) is 1.35. The number of aromatic amines is 1. The first-order valence-electron chi connectivity index (χ1n) is 5.80. The maximum Gasteiger partial charge on any atom is 0.291 e. The van der Waals surface area contributed by atoms with E-state index in [9.17, 15) is 4.79 Å². The number of H-pyrrole nitrogens is 1. The highest BCUT2D eigenvalue weighted by molar-refractivity contribution is 5.90. The number of aromatic nitrogens is 3. The average molecular weight is 240 g/mol. The standard InChI is InChI=1S/C11H20N4O2/c1-5-8(6-17-4)12-11(16)10-13-9(7(2)3)14-15-10/h7-8H,5-6H2,1-4H3,(H,12,16)(H,13,14,15). The molecular formula is C11H20N4O2. The van der Waals surface area contributed by atoms with Crippen LogP contribution in [0.1, 0.15) is 49.6 Å². The molecule has 96 valence electrons. The molecule has 0 radical (unpaired) electrons. The van der Waals surface area contributed by atoms with Crippen molar-refractivity contribution in [3.05, 3.63) is 11.6 Å². The Bertz CT molecular complexity index is 362. The molecule has 0 aliphatic carbocycles. The normalized spacial score (nSPS) is 12.8. The number of carbonyl (C=O) groups is 1. The van der Waals surface area contributed by atoms with Gasteiger partial charge in [-0.2, -0.15) is 0 Å². The molecule has 1 aromatic heterocycles. The molecule has 0 aliphatic rings. The molecule has 0 saturated carbocycles. The molecule has 1 amide bonds. The van der Waals surface area contributed by atoms with Gasteiger partial charge in [0.05, 0.1) is 12.6 Å². The smallest absolute Gasteiger partial charge is 0.291 e. The van der Waals surface area contributed by atoms with E-state index in [0.717, 1.165) is 12.2 Å². The van der Waals surface area contributed by atoms with E-state index in [0.29, 0.717) is 6.61 Å². The minimum atomic E-state index is -0.267. The number of carbonyl (C=O) groups excluding carboxylic acids is 1. The Balaban J connectivity index is 2.62. The monoisotopic (exact) mass is 240 g/mol. The second-order valence-electron chi connectivity index (χ2n) is 4.23. The van der Waals surface area contributed by atoms with Crippen molar-refractivity contribution in [1.82, 2.24) is 20.5 Å². The molecule has 1 aromatic rings. The van der Waals surface area contributed by atoms with Crippen LogP contribution in [0.4, 0.5) is 0 Å². The maximum atomic E-state index is 11.8. The van der Waals surface area contributed by atoms with Gasteiger partial charge in [0, 0.05) is 13.0 Å². The topological polar surface area (TPSA) is 79.9 Å². The van der Waals surface area contributed by atoms with E-state index in [1.165, 1.54) is 0 Å². The molecule has 1 rings (SSSR count). The van der Waals surface area contributed by atoms with E-state index in [4.69, 9.17) is 4.74 Å². The van der Waals surface area contributed by atoms with Gasteiger partial charge in [-0.05, 0) is 6.42 Å². The van der Waals surface area contributed by atoms with Crippen LogP contribution in [0.2, 0.25) is 0 Å². The van der Waals surface area contributed by atoms with Crippen molar-refractivity contribution in [1.29, 1.82) is 0 Å². The lowest BCUT2D eigenvalue weighted by atomic mass is 10.2. The van der Waals surface area contributed by atoms with Gasteiger partial charge in [0.2, 0.25) is 5.82 Å². The molecule has 6 nitrogen and oxygen atoms in total. The van der Waals surface area contributed by atoms with Crippen molar-refractivity contribution in [3.63, 3.8) is 0 Å². The molecule has 1 heterocycles. The van der Waals surface area contributed by atoms with Crippen molar-refractivity contribution in [2.75, 3.05) is 13.7 Å². The van der Waals surface area contributed by atoms with Gasteiger partial charge in [-0.25, -0.2) is 4.98 Å². The first kappa shape index (κ1) is 13.6. The number of ether oxygens (including phenoxy) is 1. The second-order valence-corrected chi connectivity index (χ2v) is 4.23. The highest BCUT2D eigenvalue weighted by Gasteiger charge is 2.17. The Kier molecular flexibility index (Phi) is 5.09. The number of hydrogen-bond acceptors (Lipinski definition) is 4. The molecule has 0 aliphatic heterocycles. The molecule has 0 saturated heterocycles. The van der Waals surface area contributed by atoms with Crippen LogP contribution >= 0.6 is 0 Å². The van der Waals surface area contributed by atoms with Crippen molar-refractivity contribution in [2.45, 2.75) is 39.2 Å². The fourth-order valence-corrected chi connectivity index (χ4v) is 1.35. The molecule has 1 unspecified atom stereocenters. The quantitative estimate of drug-likeness (QED) is 0.779.